The van der Waals surface area contributed by atoms with Crippen LogP contribution in [0, 0.1) is 0 Å². The summed E-state index contributed by atoms with van der Waals surface area (Å²) in [5, 5.41) is 0. The van der Waals surface area contributed by atoms with Gasteiger partial charge in [-0.3, -0.25) is 9.36 Å². The molecule has 0 aliphatic rings. The molecule has 3 aromatic rings. The van der Waals surface area contributed by atoms with Crippen LogP contribution in [0.5, 0.6) is 5.75 Å². The number of carbonyl (C=O) groups is 1. The molecule has 0 saturated heterocycles. The van der Waals surface area contributed by atoms with E-state index < -0.39 is 0 Å². The van der Waals surface area contributed by atoms with Gasteiger partial charge in [0, 0.05) is 11.3 Å². The number of hydrogen-bond donors (Lipinski definition) is 2. The second-order valence-electron chi connectivity index (χ2n) is 5.14. The molecule has 1 aromatic heterocycles. The van der Waals surface area contributed by atoms with Crippen LogP contribution in [0.15, 0.2) is 48.8 Å². The van der Waals surface area contributed by atoms with Gasteiger partial charge >= 0.3 is 0 Å². The summed E-state index contributed by atoms with van der Waals surface area (Å²) in [6.45, 7) is 4.00. The van der Waals surface area contributed by atoms with Crippen molar-refractivity contribution in [3.05, 3.63) is 54.4 Å². The van der Waals surface area contributed by atoms with Gasteiger partial charge in [0.25, 0.3) is 0 Å². The van der Waals surface area contributed by atoms with Crippen LogP contribution >= 0.6 is 23.3 Å². The number of fused-ring (bicyclic) bond motifs is 1. The van der Waals surface area contributed by atoms with Gasteiger partial charge < -0.3 is 4.74 Å². The number of hydrogen-bond acceptors (Lipinski definition) is 5. The fourth-order valence-corrected chi connectivity index (χ4v) is 2.27. The van der Waals surface area contributed by atoms with Crippen LogP contribution in [0.1, 0.15) is 24.2 Å². The van der Waals surface area contributed by atoms with E-state index in [0.29, 0.717) is 5.56 Å². The van der Waals surface area contributed by atoms with Crippen LogP contribution in [-0.4, -0.2) is 21.9 Å². The maximum absolute atomic E-state index is 10.8. The highest BCUT2D eigenvalue weighted by atomic mass is 33.1. The molecule has 0 unspecified atom stereocenters. The largest absolute Gasteiger partial charge is 0.491 e. The predicted octanol–water partition coefficient (Wildman–Crippen LogP) is 4.39. The topological polar surface area (TPSA) is 44.1 Å². The summed E-state index contributed by atoms with van der Waals surface area (Å²) in [7, 11) is 0. The van der Waals surface area contributed by atoms with E-state index in [-0.39, 0.29) is 6.10 Å². The van der Waals surface area contributed by atoms with Crippen molar-refractivity contribution < 1.29 is 9.53 Å². The van der Waals surface area contributed by atoms with Gasteiger partial charge in [0.05, 0.1) is 17.1 Å². The van der Waals surface area contributed by atoms with Gasteiger partial charge in [0.1, 0.15) is 18.4 Å². The van der Waals surface area contributed by atoms with Crippen molar-refractivity contribution in [2.45, 2.75) is 20.0 Å². The van der Waals surface area contributed by atoms with Crippen molar-refractivity contribution in [1.29, 1.82) is 0 Å². The summed E-state index contributed by atoms with van der Waals surface area (Å²) in [6.07, 6.45) is 2.75. The third kappa shape index (κ3) is 4.09. The zero-order valence-electron chi connectivity index (χ0n) is 12.9. The number of rotatable bonds is 4. The number of benzene rings is 2. The molecule has 0 aliphatic heterocycles. The molecule has 6 heteroatoms. The number of imidazole rings is 1. The summed E-state index contributed by atoms with van der Waals surface area (Å²) >= 11 is 6.44. The number of carbonyl (C=O) groups excluding carboxylic acids is 1. The molecule has 1 heterocycles. The summed E-state index contributed by atoms with van der Waals surface area (Å²) in [5.41, 5.74) is 3.42. The van der Waals surface area contributed by atoms with Crippen LogP contribution in [0.25, 0.3) is 16.7 Å². The average Bonchev–Trinajstić information content (AvgIpc) is 3.00. The zero-order chi connectivity index (χ0) is 16.8. The van der Waals surface area contributed by atoms with Crippen molar-refractivity contribution in [3.8, 4) is 11.4 Å². The lowest BCUT2D eigenvalue weighted by atomic mass is 10.2. The number of aromatic nitrogens is 2. The SMILES string of the molecule is CC(C)Oc1ccc(-n2cnc3cc(C=O)ccc32)cc1.SS. The molecule has 0 N–H and O–H groups in total. The molecule has 0 bridgehead atoms. The number of thiol groups is 2. The quantitative estimate of drug-likeness (QED) is 0.418. The normalized spacial score (nSPS) is 10.3. The van der Waals surface area contributed by atoms with Crippen LogP contribution in [-0.2, 0) is 0 Å². The number of aldehydes is 1. The molecule has 23 heavy (non-hydrogen) atoms. The first-order valence-corrected chi connectivity index (χ1v) is 8.67. The molecule has 0 fully saturated rings. The Morgan fingerprint density at radius 3 is 2.43 bits per heavy atom. The maximum atomic E-state index is 10.8. The molecule has 0 radical (unpaired) electrons. The molecule has 0 amide bonds. The molecule has 4 nitrogen and oxygen atoms in total. The lowest BCUT2D eigenvalue weighted by molar-refractivity contribution is 0.112. The van der Waals surface area contributed by atoms with Crippen molar-refractivity contribution >= 4 is 40.6 Å². The molecule has 0 spiro atoms. The highest BCUT2D eigenvalue weighted by Crippen LogP contribution is 2.21. The first-order valence-electron chi connectivity index (χ1n) is 7.07. The van der Waals surface area contributed by atoms with Crippen LogP contribution in [0.4, 0.5) is 0 Å². The summed E-state index contributed by atoms with van der Waals surface area (Å²) in [6, 6.07) is 13.4. The molecule has 2 aromatic carbocycles. The van der Waals surface area contributed by atoms with E-state index in [9.17, 15) is 4.79 Å². The Balaban J connectivity index is 0.000000924. The standard InChI is InChI=1S/C17H16N2O2.H2S2/c1-12(2)21-15-6-4-14(5-7-15)19-11-18-16-9-13(10-20)3-8-17(16)19;1-2/h3-12H,1-2H3;1-2H. The van der Waals surface area contributed by atoms with Crippen molar-refractivity contribution in [2.24, 2.45) is 0 Å². The van der Waals surface area contributed by atoms with E-state index in [1.54, 1.807) is 18.5 Å². The first-order chi connectivity index (χ1) is 11.2. The molecule has 0 atom stereocenters. The van der Waals surface area contributed by atoms with Crippen molar-refractivity contribution in [1.82, 2.24) is 9.55 Å². The summed E-state index contributed by atoms with van der Waals surface area (Å²) < 4.78 is 7.63. The van der Waals surface area contributed by atoms with Gasteiger partial charge in [0.15, 0.2) is 0 Å². The minimum atomic E-state index is 0.159. The van der Waals surface area contributed by atoms with E-state index in [1.807, 2.05) is 48.7 Å². The molecule has 120 valence electrons. The Labute approximate surface area is 145 Å². The number of ether oxygens (including phenoxy) is 1. The first kappa shape index (κ1) is 17.4. The van der Waals surface area contributed by atoms with Gasteiger partial charge in [0.2, 0.25) is 0 Å². The Kier molecular flexibility index (Phi) is 6.12. The smallest absolute Gasteiger partial charge is 0.150 e. The Hall–Kier alpha value is -1.92. The fraction of sp³-hybridized carbons (Fsp3) is 0.176. The Morgan fingerprint density at radius 1 is 1.13 bits per heavy atom. The Morgan fingerprint density at radius 2 is 1.83 bits per heavy atom. The van der Waals surface area contributed by atoms with E-state index in [1.165, 1.54) is 0 Å². The van der Waals surface area contributed by atoms with Gasteiger partial charge in [-0.05, 0) is 56.3 Å². The minimum Gasteiger partial charge on any atom is -0.491 e. The van der Waals surface area contributed by atoms with Crippen LogP contribution in [0.2, 0.25) is 0 Å². The Bertz CT molecular complexity index is 783. The third-order valence-electron chi connectivity index (χ3n) is 3.19. The second kappa shape index (κ2) is 8.08. The number of nitrogens with zero attached hydrogens (tertiary/aromatic N) is 2. The van der Waals surface area contributed by atoms with E-state index in [4.69, 9.17) is 4.74 Å². The van der Waals surface area contributed by atoms with Crippen molar-refractivity contribution in [2.75, 3.05) is 0 Å². The maximum Gasteiger partial charge on any atom is 0.150 e. The fourth-order valence-electron chi connectivity index (χ4n) is 2.27. The summed E-state index contributed by atoms with van der Waals surface area (Å²) in [5.74, 6) is 0.849. The second-order valence-corrected chi connectivity index (χ2v) is 5.14. The molecule has 3 rings (SSSR count). The monoisotopic (exact) mass is 346 g/mol. The molecule has 0 aliphatic carbocycles. The lowest BCUT2D eigenvalue weighted by Crippen LogP contribution is -2.05. The van der Waals surface area contributed by atoms with E-state index in [2.05, 4.69) is 28.3 Å². The van der Waals surface area contributed by atoms with Gasteiger partial charge in [-0.25, -0.2) is 4.98 Å². The third-order valence-corrected chi connectivity index (χ3v) is 3.19. The van der Waals surface area contributed by atoms with Gasteiger partial charge in [-0.1, -0.05) is 0 Å². The molecule has 0 saturated carbocycles. The van der Waals surface area contributed by atoms with E-state index in [0.717, 1.165) is 28.8 Å². The highest BCUT2D eigenvalue weighted by Gasteiger charge is 2.06. The minimum absolute atomic E-state index is 0.159. The zero-order valence-corrected chi connectivity index (χ0v) is 14.7. The molecular formula is C17H18N2O2S2. The average molecular weight is 346 g/mol. The summed E-state index contributed by atoms with van der Waals surface area (Å²) in [4.78, 5) is 15.2. The predicted molar refractivity (Wildman–Crippen MR) is 100 cm³/mol. The lowest BCUT2D eigenvalue weighted by Gasteiger charge is -2.10. The van der Waals surface area contributed by atoms with Crippen LogP contribution < -0.4 is 4.74 Å². The van der Waals surface area contributed by atoms with Gasteiger partial charge in [-0.2, -0.15) is 0 Å². The molecular weight excluding hydrogens is 328 g/mol. The highest BCUT2D eigenvalue weighted by molar-refractivity contribution is 8.59. The van der Waals surface area contributed by atoms with Gasteiger partial charge in [-0.15, -0.1) is 23.3 Å². The van der Waals surface area contributed by atoms with E-state index >= 15 is 0 Å². The van der Waals surface area contributed by atoms with Crippen LogP contribution in [0.3, 0.4) is 0 Å². The van der Waals surface area contributed by atoms with Crippen molar-refractivity contribution in [3.63, 3.8) is 0 Å².